The lowest BCUT2D eigenvalue weighted by molar-refractivity contribution is -0.141. The van der Waals surface area contributed by atoms with Crippen LogP contribution in [0.4, 0.5) is 0 Å². The van der Waals surface area contributed by atoms with Crippen molar-refractivity contribution in [2.75, 3.05) is 12.9 Å². The number of methoxy groups -OCH3 is 1. The Labute approximate surface area is 157 Å². The summed E-state index contributed by atoms with van der Waals surface area (Å²) in [6.07, 6.45) is 0.349. The van der Waals surface area contributed by atoms with E-state index in [4.69, 9.17) is 4.74 Å². The van der Waals surface area contributed by atoms with Gasteiger partial charge in [0.15, 0.2) is 0 Å². The summed E-state index contributed by atoms with van der Waals surface area (Å²) < 4.78 is 7.15. The summed E-state index contributed by atoms with van der Waals surface area (Å²) in [4.78, 5) is 23.9. The van der Waals surface area contributed by atoms with Gasteiger partial charge in [-0.3, -0.25) is 9.59 Å². The van der Waals surface area contributed by atoms with Crippen molar-refractivity contribution in [2.45, 2.75) is 24.0 Å². The van der Waals surface area contributed by atoms with Gasteiger partial charge in [0.2, 0.25) is 11.1 Å². The van der Waals surface area contributed by atoms with Crippen molar-refractivity contribution in [3.63, 3.8) is 0 Å². The lowest BCUT2D eigenvalue weighted by atomic mass is 10.0. The minimum atomic E-state index is -0.445. The van der Waals surface area contributed by atoms with E-state index in [1.165, 1.54) is 18.9 Å². The van der Waals surface area contributed by atoms with Crippen molar-refractivity contribution in [1.82, 2.24) is 25.5 Å². The van der Waals surface area contributed by atoms with Gasteiger partial charge < -0.3 is 10.1 Å². The van der Waals surface area contributed by atoms with Crippen molar-refractivity contribution < 1.29 is 14.3 Å². The number of thioether (sulfide) groups is 1. The van der Waals surface area contributed by atoms with Gasteiger partial charge in [0.1, 0.15) is 0 Å². The Morgan fingerprint density at radius 3 is 2.88 bits per heavy atom. The van der Waals surface area contributed by atoms with Crippen LogP contribution in [0.25, 0.3) is 0 Å². The maximum atomic E-state index is 12.2. The van der Waals surface area contributed by atoms with Crippen LogP contribution in [-0.4, -0.2) is 44.9 Å². The molecule has 0 aliphatic rings. The number of hydrogen-bond acceptors (Lipinski definition) is 7. The average molecular weight is 428 g/mol. The molecule has 0 aliphatic heterocycles. The second-order valence-electron chi connectivity index (χ2n) is 5.14. The van der Waals surface area contributed by atoms with Gasteiger partial charge in [0.25, 0.3) is 0 Å². The minimum Gasteiger partial charge on any atom is -0.469 e. The molecule has 1 amide bonds. The van der Waals surface area contributed by atoms with Crippen LogP contribution in [0.15, 0.2) is 33.9 Å². The van der Waals surface area contributed by atoms with Crippen LogP contribution < -0.4 is 5.32 Å². The molecule has 1 heterocycles. The van der Waals surface area contributed by atoms with E-state index < -0.39 is 6.04 Å². The van der Waals surface area contributed by atoms with Crippen molar-refractivity contribution in [1.29, 1.82) is 0 Å². The maximum absolute atomic E-state index is 12.2. The van der Waals surface area contributed by atoms with Crippen molar-refractivity contribution in [3.05, 3.63) is 34.3 Å². The van der Waals surface area contributed by atoms with Gasteiger partial charge in [-0.25, -0.2) is 4.68 Å². The second-order valence-corrected chi connectivity index (χ2v) is 7.12. The van der Waals surface area contributed by atoms with E-state index in [9.17, 15) is 9.59 Å². The van der Waals surface area contributed by atoms with Gasteiger partial charge in [-0.15, -0.1) is 5.10 Å². The Bertz CT molecular complexity index is 739. The molecular formula is C15H18BrN5O3S. The van der Waals surface area contributed by atoms with Crippen molar-refractivity contribution >= 4 is 39.6 Å². The van der Waals surface area contributed by atoms with E-state index in [0.29, 0.717) is 10.9 Å². The van der Waals surface area contributed by atoms with E-state index in [1.807, 2.05) is 24.3 Å². The molecular weight excluding hydrogens is 410 g/mol. The monoisotopic (exact) mass is 427 g/mol. The molecule has 0 saturated carbocycles. The Balaban J connectivity index is 1.94. The van der Waals surface area contributed by atoms with Gasteiger partial charge in [-0.1, -0.05) is 39.8 Å². The van der Waals surface area contributed by atoms with Gasteiger partial charge in [-0.05, 0) is 28.1 Å². The number of benzene rings is 1. The maximum Gasteiger partial charge on any atom is 0.307 e. The summed E-state index contributed by atoms with van der Waals surface area (Å²) >= 11 is 4.79. The predicted octanol–water partition coefficient (Wildman–Crippen LogP) is 1.88. The van der Waals surface area contributed by atoms with E-state index in [1.54, 1.807) is 11.7 Å². The number of nitrogens with one attached hydrogen (secondary N) is 1. The third-order valence-corrected chi connectivity index (χ3v) is 4.83. The molecule has 134 valence electrons. The first-order valence-corrected chi connectivity index (χ1v) is 9.24. The first kappa shape index (κ1) is 19.4. The number of halogens is 1. The molecule has 1 N–H and O–H groups in total. The highest BCUT2D eigenvalue weighted by atomic mass is 79.9. The molecule has 10 heteroatoms. The number of rotatable bonds is 8. The number of carbonyl (C=O) groups is 2. The third-order valence-electron chi connectivity index (χ3n) is 3.33. The molecule has 25 heavy (non-hydrogen) atoms. The Morgan fingerprint density at radius 1 is 1.44 bits per heavy atom. The number of hydrogen-bond donors (Lipinski definition) is 1. The van der Waals surface area contributed by atoms with Crippen LogP contribution in [0.3, 0.4) is 0 Å². The lowest BCUT2D eigenvalue weighted by Gasteiger charge is -2.18. The molecule has 0 radical (unpaired) electrons. The summed E-state index contributed by atoms with van der Waals surface area (Å²) in [5.41, 5.74) is 0.832. The zero-order chi connectivity index (χ0) is 18.2. The quantitative estimate of drug-likeness (QED) is 0.506. The number of carbonyl (C=O) groups excluding carboxylic acids is 2. The molecule has 0 aliphatic carbocycles. The Hall–Kier alpha value is -1.94. The second kappa shape index (κ2) is 9.52. The molecule has 0 fully saturated rings. The molecule has 8 nitrogen and oxygen atoms in total. The molecule has 2 aromatic rings. The van der Waals surface area contributed by atoms with Gasteiger partial charge in [0, 0.05) is 23.7 Å². The molecule has 1 aromatic carbocycles. The molecule has 0 bridgehead atoms. The fourth-order valence-corrected chi connectivity index (χ4v) is 3.28. The minimum absolute atomic E-state index is 0.0685. The number of tetrazole rings is 1. The van der Waals surface area contributed by atoms with Crippen LogP contribution in [0.5, 0.6) is 0 Å². The van der Waals surface area contributed by atoms with Crippen molar-refractivity contribution in [3.8, 4) is 0 Å². The summed E-state index contributed by atoms with van der Waals surface area (Å²) in [5, 5.41) is 14.7. The molecule has 1 aromatic heterocycles. The fraction of sp³-hybridized carbons (Fsp3) is 0.400. The summed E-state index contributed by atoms with van der Waals surface area (Å²) in [6, 6.07) is 7.02. The normalized spacial score (nSPS) is 11.8. The number of aryl methyl sites for hydroxylation is 1. The molecule has 0 saturated heterocycles. The summed E-state index contributed by atoms with van der Waals surface area (Å²) in [6.45, 7) is 0. The predicted molar refractivity (Wildman–Crippen MR) is 95.8 cm³/mol. The first-order chi connectivity index (χ1) is 12.0. The van der Waals surface area contributed by atoms with Crippen LogP contribution in [0, 0.1) is 0 Å². The lowest BCUT2D eigenvalue weighted by Crippen LogP contribution is -2.30. The fourth-order valence-electron chi connectivity index (χ4n) is 2.07. The van der Waals surface area contributed by atoms with Crippen molar-refractivity contribution in [2.24, 2.45) is 7.05 Å². The summed E-state index contributed by atoms with van der Waals surface area (Å²) in [7, 11) is 3.07. The SMILES string of the molecule is COC(=O)CC(NC(=O)CCSc1nnnn1C)c1cccc(Br)c1. The number of nitrogens with zero attached hydrogens (tertiary/aromatic N) is 4. The zero-order valence-corrected chi connectivity index (χ0v) is 16.2. The number of esters is 1. The smallest absolute Gasteiger partial charge is 0.307 e. The van der Waals surface area contributed by atoms with Gasteiger partial charge in [-0.2, -0.15) is 0 Å². The van der Waals surface area contributed by atoms with Gasteiger partial charge >= 0.3 is 5.97 Å². The third kappa shape index (κ3) is 6.13. The topological polar surface area (TPSA) is 99.0 Å². The number of aromatic nitrogens is 4. The molecule has 0 spiro atoms. The van der Waals surface area contributed by atoms with E-state index >= 15 is 0 Å². The number of ether oxygens (including phenoxy) is 1. The average Bonchev–Trinajstić information content (AvgIpc) is 2.99. The summed E-state index contributed by atoms with van der Waals surface area (Å²) in [5.74, 6) is -0.00922. The largest absolute Gasteiger partial charge is 0.469 e. The number of amides is 1. The highest BCUT2D eigenvalue weighted by Crippen LogP contribution is 2.22. The standard InChI is InChI=1S/C15H18BrN5O3S/c1-21-15(18-19-20-21)25-7-6-13(22)17-12(9-14(23)24-2)10-4-3-5-11(16)8-10/h3-5,8,12H,6-7,9H2,1-2H3,(H,17,22). The van der Waals surface area contributed by atoms with Crippen LogP contribution >= 0.6 is 27.7 Å². The highest BCUT2D eigenvalue weighted by Gasteiger charge is 2.19. The molecule has 1 atom stereocenters. The Morgan fingerprint density at radius 2 is 2.24 bits per heavy atom. The van der Waals surface area contributed by atoms with Crippen LogP contribution in [0.1, 0.15) is 24.4 Å². The van der Waals surface area contributed by atoms with E-state index in [2.05, 4.69) is 36.8 Å². The first-order valence-electron chi connectivity index (χ1n) is 7.46. The molecule has 1 unspecified atom stereocenters. The molecule has 2 rings (SSSR count). The zero-order valence-electron chi connectivity index (χ0n) is 13.8. The van der Waals surface area contributed by atoms with E-state index in [-0.39, 0.29) is 24.7 Å². The highest BCUT2D eigenvalue weighted by molar-refractivity contribution is 9.10. The van der Waals surface area contributed by atoms with Crippen LogP contribution in [-0.2, 0) is 21.4 Å². The van der Waals surface area contributed by atoms with Crippen LogP contribution in [0.2, 0.25) is 0 Å². The van der Waals surface area contributed by atoms with E-state index in [0.717, 1.165) is 10.0 Å². The Kier molecular flexibility index (Phi) is 7.38. The van der Waals surface area contributed by atoms with Gasteiger partial charge in [0.05, 0.1) is 19.6 Å².